The Morgan fingerprint density at radius 3 is 2.83 bits per heavy atom. The van der Waals surface area contributed by atoms with E-state index in [-0.39, 0.29) is 11.7 Å². The second-order valence-electron chi connectivity index (χ2n) is 5.15. The zero-order valence-corrected chi connectivity index (χ0v) is 11.7. The number of halogens is 1. The van der Waals surface area contributed by atoms with Crippen molar-refractivity contribution in [2.45, 2.75) is 32.6 Å². The van der Waals surface area contributed by atoms with Crippen LogP contribution in [0.25, 0.3) is 0 Å². The molecule has 2 atom stereocenters. The predicted octanol–water partition coefficient (Wildman–Crippen LogP) is 1.87. The number of aromatic nitrogens is 2. The molecule has 0 spiro atoms. The number of hydrogen-bond acceptors (Lipinski definition) is 3. The van der Waals surface area contributed by atoms with Crippen LogP contribution in [0, 0.1) is 18.8 Å². The molecule has 0 amide bonds. The van der Waals surface area contributed by atoms with Crippen molar-refractivity contribution in [2.24, 2.45) is 24.6 Å². The fourth-order valence-electron chi connectivity index (χ4n) is 2.91. The summed E-state index contributed by atoms with van der Waals surface area (Å²) in [4.78, 5) is 12.3. The summed E-state index contributed by atoms with van der Waals surface area (Å²) < 4.78 is 1.71. The van der Waals surface area contributed by atoms with Crippen LogP contribution in [0.5, 0.6) is 0 Å². The molecule has 1 aromatic rings. The van der Waals surface area contributed by atoms with E-state index in [9.17, 15) is 4.79 Å². The molecule has 0 aromatic carbocycles. The number of carbonyl (C=O) groups excluding carboxylic acids is 1. The van der Waals surface area contributed by atoms with E-state index in [4.69, 9.17) is 17.3 Å². The maximum atomic E-state index is 12.3. The van der Waals surface area contributed by atoms with E-state index in [1.165, 1.54) is 0 Å². The first kappa shape index (κ1) is 13.6. The second kappa shape index (κ2) is 5.41. The number of nitrogens with two attached hydrogens (primary N) is 1. The van der Waals surface area contributed by atoms with Gasteiger partial charge in [0.25, 0.3) is 0 Å². The monoisotopic (exact) mass is 269 g/mol. The third kappa shape index (κ3) is 2.45. The first-order valence-corrected chi connectivity index (χ1v) is 6.83. The molecule has 100 valence electrons. The van der Waals surface area contributed by atoms with Gasteiger partial charge in [-0.3, -0.25) is 9.48 Å². The van der Waals surface area contributed by atoms with E-state index in [1.807, 2.05) is 14.0 Å². The molecule has 18 heavy (non-hydrogen) atoms. The summed E-state index contributed by atoms with van der Waals surface area (Å²) >= 11 is 6.17. The molecule has 0 bridgehead atoms. The fraction of sp³-hybridized carbons (Fsp3) is 0.692. The summed E-state index contributed by atoms with van der Waals surface area (Å²) in [6.07, 6.45) is 3.52. The van der Waals surface area contributed by atoms with Gasteiger partial charge in [-0.25, -0.2) is 0 Å². The Bertz CT molecular complexity index is 455. The van der Waals surface area contributed by atoms with Crippen LogP contribution in [0.4, 0.5) is 0 Å². The first-order chi connectivity index (χ1) is 8.54. The Morgan fingerprint density at radius 1 is 1.56 bits per heavy atom. The van der Waals surface area contributed by atoms with E-state index < -0.39 is 0 Å². The van der Waals surface area contributed by atoms with E-state index >= 15 is 0 Å². The van der Waals surface area contributed by atoms with Gasteiger partial charge in [-0.2, -0.15) is 5.10 Å². The van der Waals surface area contributed by atoms with Crippen LogP contribution in [0.3, 0.4) is 0 Å². The Kier molecular flexibility index (Phi) is 4.07. The van der Waals surface area contributed by atoms with E-state index in [1.54, 1.807) is 4.68 Å². The average molecular weight is 270 g/mol. The first-order valence-electron chi connectivity index (χ1n) is 6.45. The number of aryl methyl sites for hydroxylation is 2. The van der Waals surface area contributed by atoms with Gasteiger partial charge in [0.2, 0.25) is 0 Å². The van der Waals surface area contributed by atoms with Crippen LogP contribution in [-0.2, 0) is 18.3 Å². The summed E-state index contributed by atoms with van der Waals surface area (Å²) in [5, 5.41) is 4.86. The Labute approximate surface area is 112 Å². The number of rotatable bonds is 4. The van der Waals surface area contributed by atoms with Crippen molar-refractivity contribution < 1.29 is 4.79 Å². The smallest absolute Gasteiger partial charge is 0.142 e. The summed E-state index contributed by atoms with van der Waals surface area (Å²) in [7, 11) is 1.83. The number of nitrogens with zero attached hydrogens (tertiary/aromatic N) is 2. The zero-order valence-electron chi connectivity index (χ0n) is 10.9. The molecular weight excluding hydrogens is 250 g/mol. The normalized spacial score (nSPS) is 23.6. The molecule has 5 heteroatoms. The van der Waals surface area contributed by atoms with Crippen molar-refractivity contribution in [1.82, 2.24) is 9.78 Å². The highest BCUT2D eigenvalue weighted by Gasteiger charge is 2.32. The average Bonchev–Trinajstić information content (AvgIpc) is 2.90. The van der Waals surface area contributed by atoms with Crippen LogP contribution in [-0.4, -0.2) is 22.1 Å². The van der Waals surface area contributed by atoms with Gasteiger partial charge in [-0.05, 0) is 32.2 Å². The summed E-state index contributed by atoms with van der Waals surface area (Å²) in [6, 6.07) is 0. The van der Waals surface area contributed by atoms with Gasteiger partial charge in [0.1, 0.15) is 5.78 Å². The minimum atomic E-state index is 0.112. The lowest BCUT2D eigenvalue weighted by molar-refractivity contribution is -0.123. The van der Waals surface area contributed by atoms with Gasteiger partial charge >= 0.3 is 0 Å². The zero-order chi connectivity index (χ0) is 13.3. The lowest BCUT2D eigenvalue weighted by atomic mass is 9.90. The molecule has 0 aliphatic heterocycles. The summed E-state index contributed by atoms with van der Waals surface area (Å²) in [5.74, 6) is 0.722. The third-order valence-corrected chi connectivity index (χ3v) is 4.47. The van der Waals surface area contributed by atoms with Crippen LogP contribution in [0.2, 0.25) is 5.02 Å². The molecule has 2 unspecified atom stereocenters. The Morgan fingerprint density at radius 2 is 2.28 bits per heavy atom. The van der Waals surface area contributed by atoms with Gasteiger partial charge < -0.3 is 5.73 Å². The maximum absolute atomic E-state index is 12.3. The molecule has 2 N–H and O–H groups in total. The Hall–Kier alpha value is -0.870. The molecule has 1 aliphatic rings. The van der Waals surface area contributed by atoms with Gasteiger partial charge in [0.05, 0.1) is 22.8 Å². The number of Topliss-reactive ketones (excluding diaryl/α,β-unsaturated/α-hetero) is 1. The summed E-state index contributed by atoms with van der Waals surface area (Å²) in [6.45, 7) is 2.46. The number of hydrogen-bond donors (Lipinski definition) is 1. The minimum Gasteiger partial charge on any atom is -0.330 e. The van der Waals surface area contributed by atoms with Crippen molar-refractivity contribution in [3.8, 4) is 0 Å². The molecule has 1 fully saturated rings. The van der Waals surface area contributed by atoms with Crippen molar-refractivity contribution >= 4 is 17.4 Å². The molecule has 1 saturated carbocycles. The van der Waals surface area contributed by atoms with Crippen LogP contribution in [0.1, 0.15) is 30.7 Å². The fourth-order valence-corrected chi connectivity index (χ4v) is 3.14. The standard InChI is InChI=1S/C13H20ClN3O/c1-8-13(14)11(17(2)16-8)6-12(18)10-5-3-4-9(10)7-15/h9-10H,3-7,15H2,1-2H3. The SMILES string of the molecule is Cc1nn(C)c(CC(=O)C2CCCC2CN)c1Cl. The molecule has 0 saturated heterocycles. The summed E-state index contributed by atoms with van der Waals surface area (Å²) in [5.41, 5.74) is 7.33. The molecule has 1 aliphatic carbocycles. The highest BCUT2D eigenvalue weighted by atomic mass is 35.5. The molecule has 1 aromatic heterocycles. The van der Waals surface area contributed by atoms with Crippen molar-refractivity contribution in [1.29, 1.82) is 0 Å². The highest BCUT2D eigenvalue weighted by Crippen LogP contribution is 2.33. The van der Waals surface area contributed by atoms with Crippen LogP contribution in [0.15, 0.2) is 0 Å². The molecule has 4 nitrogen and oxygen atoms in total. The van der Waals surface area contributed by atoms with Crippen LogP contribution >= 0.6 is 11.6 Å². The van der Waals surface area contributed by atoms with E-state index in [0.29, 0.717) is 23.9 Å². The molecule has 2 rings (SSSR count). The van der Waals surface area contributed by atoms with Gasteiger partial charge in [-0.15, -0.1) is 0 Å². The second-order valence-corrected chi connectivity index (χ2v) is 5.52. The lowest BCUT2D eigenvalue weighted by Gasteiger charge is -2.16. The predicted molar refractivity (Wildman–Crippen MR) is 71.6 cm³/mol. The van der Waals surface area contributed by atoms with E-state index in [2.05, 4.69) is 5.10 Å². The topological polar surface area (TPSA) is 60.9 Å². The van der Waals surface area contributed by atoms with E-state index in [0.717, 1.165) is 30.7 Å². The van der Waals surface area contributed by atoms with Gasteiger partial charge in [-0.1, -0.05) is 18.0 Å². The Balaban J connectivity index is 2.11. The largest absolute Gasteiger partial charge is 0.330 e. The van der Waals surface area contributed by atoms with Crippen molar-refractivity contribution in [2.75, 3.05) is 6.54 Å². The third-order valence-electron chi connectivity index (χ3n) is 3.98. The number of carbonyl (C=O) groups is 1. The highest BCUT2D eigenvalue weighted by molar-refractivity contribution is 6.32. The van der Waals surface area contributed by atoms with Gasteiger partial charge in [0, 0.05) is 13.0 Å². The number of ketones is 1. The molecular formula is C13H20ClN3O. The quantitative estimate of drug-likeness (QED) is 0.908. The van der Waals surface area contributed by atoms with Crippen molar-refractivity contribution in [3.63, 3.8) is 0 Å². The molecule has 1 heterocycles. The van der Waals surface area contributed by atoms with Crippen molar-refractivity contribution in [3.05, 3.63) is 16.4 Å². The molecule has 0 radical (unpaired) electrons. The lowest BCUT2D eigenvalue weighted by Crippen LogP contribution is -2.26. The minimum absolute atomic E-state index is 0.112. The van der Waals surface area contributed by atoms with Gasteiger partial charge in [0.15, 0.2) is 0 Å². The maximum Gasteiger partial charge on any atom is 0.142 e. The van der Waals surface area contributed by atoms with Crippen LogP contribution < -0.4 is 5.73 Å².